The molecule has 2 rings (SSSR count). The van der Waals surface area contributed by atoms with E-state index in [1.807, 2.05) is 13.1 Å². The second-order valence-corrected chi connectivity index (χ2v) is 6.17. The Hall–Kier alpha value is -1.01. The molecule has 0 radical (unpaired) electrons. The molecule has 1 aliphatic rings. The number of pyridine rings is 1. The Kier molecular flexibility index (Phi) is 6.11. The standard InChI is InChI=1S/C16H29N5/c1-14-4-5-15(13-18-14)16(12-17)21-10-8-20(9-11-21)7-6-19(2)3/h4-5,13,16H,6-12,17H2,1-3H3. The van der Waals surface area contributed by atoms with Crippen LogP contribution in [0, 0.1) is 6.92 Å². The summed E-state index contributed by atoms with van der Waals surface area (Å²) in [4.78, 5) is 11.7. The highest BCUT2D eigenvalue weighted by Crippen LogP contribution is 2.20. The highest BCUT2D eigenvalue weighted by molar-refractivity contribution is 5.18. The first-order valence-electron chi connectivity index (χ1n) is 7.84. The lowest BCUT2D eigenvalue weighted by Crippen LogP contribution is -2.50. The SMILES string of the molecule is Cc1ccc(C(CN)N2CCN(CCN(C)C)CC2)cn1. The molecule has 0 saturated carbocycles. The van der Waals surface area contributed by atoms with Crippen LogP contribution in [0.2, 0.25) is 0 Å². The maximum absolute atomic E-state index is 6.02. The number of piperazine rings is 1. The molecule has 2 N–H and O–H groups in total. The van der Waals surface area contributed by atoms with E-state index in [0.29, 0.717) is 12.6 Å². The Morgan fingerprint density at radius 2 is 1.95 bits per heavy atom. The number of hydrogen-bond acceptors (Lipinski definition) is 5. The second kappa shape index (κ2) is 7.84. The number of hydrogen-bond donors (Lipinski definition) is 1. The van der Waals surface area contributed by atoms with Crippen LogP contribution in [0.1, 0.15) is 17.3 Å². The molecule has 1 aromatic rings. The Bertz CT molecular complexity index is 409. The summed E-state index contributed by atoms with van der Waals surface area (Å²) in [5.41, 5.74) is 8.32. The molecule has 1 fully saturated rings. The maximum atomic E-state index is 6.02. The fourth-order valence-electron chi connectivity index (χ4n) is 2.81. The fraction of sp³-hybridized carbons (Fsp3) is 0.688. The summed E-state index contributed by atoms with van der Waals surface area (Å²) >= 11 is 0. The largest absolute Gasteiger partial charge is 0.329 e. The highest BCUT2D eigenvalue weighted by atomic mass is 15.3. The van der Waals surface area contributed by atoms with Gasteiger partial charge in [-0.05, 0) is 32.6 Å². The monoisotopic (exact) mass is 291 g/mol. The van der Waals surface area contributed by atoms with Gasteiger partial charge in [0, 0.05) is 63.7 Å². The van der Waals surface area contributed by atoms with Crippen LogP contribution >= 0.6 is 0 Å². The van der Waals surface area contributed by atoms with Crippen molar-refractivity contribution in [1.29, 1.82) is 0 Å². The van der Waals surface area contributed by atoms with Crippen molar-refractivity contribution < 1.29 is 0 Å². The molecule has 1 aromatic heterocycles. The van der Waals surface area contributed by atoms with Crippen LogP contribution in [0.5, 0.6) is 0 Å². The molecule has 1 unspecified atom stereocenters. The van der Waals surface area contributed by atoms with Gasteiger partial charge in [-0.1, -0.05) is 6.07 Å². The molecule has 5 heteroatoms. The van der Waals surface area contributed by atoms with Crippen molar-refractivity contribution in [2.45, 2.75) is 13.0 Å². The molecular formula is C16H29N5. The van der Waals surface area contributed by atoms with Gasteiger partial charge in [0.25, 0.3) is 0 Å². The van der Waals surface area contributed by atoms with E-state index in [4.69, 9.17) is 5.73 Å². The first-order valence-corrected chi connectivity index (χ1v) is 7.84. The van der Waals surface area contributed by atoms with Gasteiger partial charge in [-0.25, -0.2) is 0 Å². The molecular weight excluding hydrogens is 262 g/mol. The van der Waals surface area contributed by atoms with Gasteiger partial charge >= 0.3 is 0 Å². The summed E-state index contributed by atoms with van der Waals surface area (Å²) in [6, 6.07) is 4.54. The Morgan fingerprint density at radius 3 is 2.48 bits per heavy atom. The number of aryl methyl sites for hydroxylation is 1. The van der Waals surface area contributed by atoms with Gasteiger partial charge in [0.15, 0.2) is 0 Å². The van der Waals surface area contributed by atoms with Crippen LogP contribution < -0.4 is 5.73 Å². The average molecular weight is 291 g/mol. The summed E-state index contributed by atoms with van der Waals surface area (Å²) in [6.07, 6.45) is 1.98. The molecule has 1 saturated heterocycles. The molecule has 21 heavy (non-hydrogen) atoms. The van der Waals surface area contributed by atoms with Crippen LogP contribution in [0.25, 0.3) is 0 Å². The first-order chi connectivity index (χ1) is 10.1. The normalized spacial score (nSPS) is 19.1. The van der Waals surface area contributed by atoms with E-state index in [9.17, 15) is 0 Å². The van der Waals surface area contributed by atoms with Gasteiger partial charge in [-0.15, -0.1) is 0 Å². The lowest BCUT2D eigenvalue weighted by Gasteiger charge is -2.39. The smallest absolute Gasteiger partial charge is 0.0486 e. The summed E-state index contributed by atoms with van der Waals surface area (Å²) in [7, 11) is 4.26. The molecule has 0 aliphatic carbocycles. The van der Waals surface area contributed by atoms with Crippen LogP contribution in [0.15, 0.2) is 18.3 Å². The number of nitrogens with zero attached hydrogens (tertiary/aromatic N) is 4. The topological polar surface area (TPSA) is 48.6 Å². The van der Waals surface area contributed by atoms with Crippen LogP contribution in [-0.2, 0) is 0 Å². The first kappa shape index (κ1) is 16.4. The summed E-state index contributed by atoms with van der Waals surface area (Å²) in [5, 5.41) is 0. The minimum Gasteiger partial charge on any atom is -0.329 e. The third-order valence-electron chi connectivity index (χ3n) is 4.25. The third-order valence-corrected chi connectivity index (χ3v) is 4.25. The molecule has 118 valence electrons. The van der Waals surface area contributed by atoms with Crippen molar-refractivity contribution in [1.82, 2.24) is 19.7 Å². The van der Waals surface area contributed by atoms with E-state index in [2.05, 4.69) is 45.9 Å². The van der Waals surface area contributed by atoms with E-state index < -0.39 is 0 Å². The molecule has 0 bridgehead atoms. The molecule has 5 nitrogen and oxygen atoms in total. The highest BCUT2D eigenvalue weighted by Gasteiger charge is 2.24. The van der Waals surface area contributed by atoms with E-state index in [1.165, 1.54) is 5.56 Å². The summed E-state index contributed by atoms with van der Waals surface area (Å²) in [6.45, 7) is 9.38. The van der Waals surface area contributed by atoms with Crippen molar-refractivity contribution in [3.63, 3.8) is 0 Å². The minimum absolute atomic E-state index is 0.300. The number of likely N-dealkylation sites (N-methyl/N-ethyl adjacent to an activating group) is 1. The number of nitrogens with two attached hydrogens (primary N) is 1. The predicted octanol–water partition coefficient (Wildman–Crippen LogP) is 0.569. The van der Waals surface area contributed by atoms with Gasteiger partial charge in [0.2, 0.25) is 0 Å². The van der Waals surface area contributed by atoms with Crippen molar-refractivity contribution in [3.05, 3.63) is 29.6 Å². The van der Waals surface area contributed by atoms with E-state index in [1.54, 1.807) is 0 Å². The number of aromatic nitrogens is 1. The summed E-state index contributed by atoms with van der Waals surface area (Å²) in [5.74, 6) is 0. The molecule has 1 aliphatic heterocycles. The lowest BCUT2D eigenvalue weighted by molar-refractivity contribution is 0.0939. The van der Waals surface area contributed by atoms with Gasteiger partial charge in [-0.2, -0.15) is 0 Å². The quantitative estimate of drug-likeness (QED) is 0.830. The Balaban J connectivity index is 1.88. The van der Waals surface area contributed by atoms with E-state index in [0.717, 1.165) is 45.0 Å². The fourth-order valence-corrected chi connectivity index (χ4v) is 2.81. The lowest BCUT2D eigenvalue weighted by atomic mass is 10.1. The zero-order valence-corrected chi connectivity index (χ0v) is 13.6. The van der Waals surface area contributed by atoms with Gasteiger partial charge < -0.3 is 10.6 Å². The van der Waals surface area contributed by atoms with Crippen LogP contribution in [0.3, 0.4) is 0 Å². The molecule has 0 aromatic carbocycles. The number of rotatable bonds is 6. The van der Waals surface area contributed by atoms with E-state index in [-0.39, 0.29) is 0 Å². The summed E-state index contributed by atoms with van der Waals surface area (Å²) < 4.78 is 0. The van der Waals surface area contributed by atoms with E-state index >= 15 is 0 Å². The zero-order valence-electron chi connectivity index (χ0n) is 13.6. The van der Waals surface area contributed by atoms with Crippen molar-refractivity contribution in [3.8, 4) is 0 Å². The van der Waals surface area contributed by atoms with Crippen molar-refractivity contribution in [2.24, 2.45) is 5.73 Å². The van der Waals surface area contributed by atoms with Gasteiger partial charge in [0.1, 0.15) is 0 Å². The van der Waals surface area contributed by atoms with Gasteiger partial charge in [-0.3, -0.25) is 14.8 Å². The molecule has 2 heterocycles. The van der Waals surface area contributed by atoms with Crippen LogP contribution in [-0.4, -0.2) is 79.6 Å². The van der Waals surface area contributed by atoms with Crippen LogP contribution in [0.4, 0.5) is 0 Å². The second-order valence-electron chi connectivity index (χ2n) is 6.17. The Morgan fingerprint density at radius 1 is 1.24 bits per heavy atom. The Labute approximate surface area is 128 Å². The minimum atomic E-state index is 0.300. The van der Waals surface area contributed by atoms with Crippen molar-refractivity contribution >= 4 is 0 Å². The van der Waals surface area contributed by atoms with Crippen molar-refractivity contribution in [2.75, 3.05) is 59.9 Å². The maximum Gasteiger partial charge on any atom is 0.0486 e. The average Bonchev–Trinajstić information content (AvgIpc) is 2.49. The third kappa shape index (κ3) is 4.74. The predicted molar refractivity (Wildman–Crippen MR) is 87.3 cm³/mol. The molecule has 1 atom stereocenters. The zero-order chi connectivity index (χ0) is 15.2. The van der Waals surface area contributed by atoms with Gasteiger partial charge in [0.05, 0.1) is 0 Å². The molecule has 0 spiro atoms. The molecule has 0 amide bonds.